The van der Waals surface area contributed by atoms with Gasteiger partial charge in [-0.3, -0.25) is 4.79 Å². The van der Waals surface area contributed by atoms with E-state index in [9.17, 15) is 9.18 Å². The van der Waals surface area contributed by atoms with Crippen molar-refractivity contribution in [2.24, 2.45) is 0 Å². The summed E-state index contributed by atoms with van der Waals surface area (Å²) in [5, 5.41) is 3.44. The minimum Gasteiger partial charge on any atom is -0.356 e. The highest BCUT2D eigenvalue weighted by molar-refractivity contribution is 6.31. The van der Waals surface area contributed by atoms with Gasteiger partial charge < -0.3 is 9.88 Å². The van der Waals surface area contributed by atoms with Crippen LogP contribution in [-0.2, 0) is 24.2 Å². The Morgan fingerprint density at radius 2 is 1.79 bits per heavy atom. The zero-order valence-electron chi connectivity index (χ0n) is 19.4. The van der Waals surface area contributed by atoms with Crippen LogP contribution in [0.2, 0.25) is 5.02 Å². The molecule has 1 N–H and O–H groups in total. The first-order valence-electron chi connectivity index (χ1n) is 11.7. The lowest BCUT2D eigenvalue weighted by Crippen LogP contribution is -2.26. The van der Waals surface area contributed by atoms with E-state index in [4.69, 9.17) is 16.6 Å². The van der Waals surface area contributed by atoms with Crippen molar-refractivity contribution in [3.63, 3.8) is 0 Å². The standard InChI is InChI=1S/C28H29ClFN3O/c1-20-10-4-5-11-21(20)18-28(34)31-17-8-2-3-16-27-32-25-14-6-7-15-26(25)33(27)19-22-23(29)12-9-13-24(22)30/h4-7,9-15H,2-3,8,16-19H2,1H3,(H,31,34). The Morgan fingerprint density at radius 3 is 2.62 bits per heavy atom. The van der Waals surface area contributed by atoms with Crippen LogP contribution >= 0.6 is 11.6 Å². The van der Waals surface area contributed by atoms with E-state index in [1.807, 2.05) is 55.5 Å². The number of carbonyl (C=O) groups is 1. The lowest BCUT2D eigenvalue weighted by Gasteiger charge is -2.12. The summed E-state index contributed by atoms with van der Waals surface area (Å²) >= 11 is 6.29. The normalized spacial score (nSPS) is 11.1. The average Bonchev–Trinajstić information content (AvgIpc) is 3.17. The number of aryl methyl sites for hydroxylation is 2. The SMILES string of the molecule is Cc1ccccc1CC(=O)NCCCCCc1nc2ccccc2n1Cc1c(F)cccc1Cl. The van der Waals surface area contributed by atoms with Crippen LogP contribution in [0.1, 0.15) is 41.8 Å². The van der Waals surface area contributed by atoms with Gasteiger partial charge in [-0.1, -0.05) is 60.5 Å². The number of imidazole rings is 1. The summed E-state index contributed by atoms with van der Waals surface area (Å²) in [7, 11) is 0. The molecular weight excluding hydrogens is 449 g/mol. The maximum absolute atomic E-state index is 14.4. The monoisotopic (exact) mass is 477 g/mol. The first kappa shape index (κ1) is 24.0. The highest BCUT2D eigenvalue weighted by Gasteiger charge is 2.14. The van der Waals surface area contributed by atoms with Crippen molar-refractivity contribution in [2.75, 3.05) is 6.54 Å². The summed E-state index contributed by atoms with van der Waals surface area (Å²) in [5.74, 6) is 0.666. The third kappa shape index (κ3) is 5.84. The Morgan fingerprint density at radius 1 is 1.00 bits per heavy atom. The fourth-order valence-corrected chi connectivity index (χ4v) is 4.41. The predicted molar refractivity (Wildman–Crippen MR) is 136 cm³/mol. The van der Waals surface area contributed by atoms with Gasteiger partial charge in [0.15, 0.2) is 0 Å². The molecule has 0 aliphatic rings. The number of unbranched alkanes of at least 4 members (excludes halogenated alkanes) is 2. The number of hydrogen-bond donors (Lipinski definition) is 1. The van der Waals surface area contributed by atoms with E-state index in [1.54, 1.807) is 12.1 Å². The van der Waals surface area contributed by atoms with E-state index < -0.39 is 0 Å². The van der Waals surface area contributed by atoms with Crippen LogP contribution in [0.25, 0.3) is 11.0 Å². The van der Waals surface area contributed by atoms with Crippen LogP contribution < -0.4 is 5.32 Å². The summed E-state index contributed by atoms with van der Waals surface area (Å²) < 4.78 is 16.5. The molecule has 0 fully saturated rings. The quantitative estimate of drug-likeness (QED) is 0.274. The number of benzene rings is 3. The van der Waals surface area contributed by atoms with Gasteiger partial charge in [-0.15, -0.1) is 0 Å². The molecule has 0 saturated carbocycles. The maximum Gasteiger partial charge on any atom is 0.224 e. The van der Waals surface area contributed by atoms with Gasteiger partial charge in [0, 0.05) is 23.6 Å². The molecule has 6 heteroatoms. The number of hydrogen-bond acceptors (Lipinski definition) is 2. The van der Waals surface area contributed by atoms with Crippen molar-refractivity contribution in [1.29, 1.82) is 0 Å². The highest BCUT2D eigenvalue weighted by Crippen LogP contribution is 2.24. The van der Waals surface area contributed by atoms with Gasteiger partial charge in [0.25, 0.3) is 0 Å². The maximum atomic E-state index is 14.4. The Labute approximate surface area is 204 Å². The van der Waals surface area contributed by atoms with E-state index in [0.717, 1.165) is 53.7 Å². The number of nitrogens with zero attached hydrogens (tertiary/aromatic N) is 2. The zero-order valence-corrected chi connectivity index (χ0v) is 20.1. The number of carbonyl (C=O) groups excluding carboxylic acids is 1. The lowest BCUT2D eigenvalue weighted by atomic mass is 10.1. The minimum absolute atomic E-state index is 0.0536. The van der Waals surface area contributed by atoms with Crippen molar-refractivity contribution in [3.8, 4) is 0 Å². The molecule has 0 radical (unpaired) electrons. The molecular formula is C28H29ClFN3O. The number of amides is 1. The van der Waals surface area contributed by atoms with Crippen LogP contribution in [0.5, 0.6) is 0 Å². The summed E-state index contributed by atoms with van der Waals surface area (Å²) in [6.45, 7) is 3.03. The lowest BCUT2D eigenvalue weighted by molar-refractivity contribution is -0.120. The molecule has 0 unspecified atom stereocenters. The van der Waals surface area contributed by atoms with Crippen molar-refractivity contribution >= 4 is 28.5 Å². The molecule has 0 aliphatic carbocycles. The van der Waals surface area contributed by atoms with Gasteiger partial charge in [0.2, 0.25) is 5.91 Å². The summed E-state index contributed by atoms with van der Waals surface area (Å²) in [4.78, 5) is 17.0. The topological polar surface area (TPSA) is 46.9 Å². The summed E-state index contributed by atoms with van der Waals surface area (Å²) in [6, 6.07) is 20.6. The molecule has 34 heavy (non-hydrogen) atoms. The molecule has 4 rings (SSSR count). The van der Waals surface area contributed by atoms with Crippen LogP contribution in [0.15, 0.2) is 66.7 Å². The molecule has 1 heterocycles. The van der Waals surface area contributed by atoms with Crippen LogP contribution in [0, 0.1) is 12.7 Å². The number of para-hydroxylation sites is 2. The first-order valence-corrected chi connectivity index (χ1v) is 12.1. The minimum atomic E-state index is -0.308. The molecule has 4 aromatic rings. The van der Waals surface area contributed by atoms with E-state index >= 15 is 0 Å². The van der Waals surface area contributed by atoms with E-state index in [-0.39, 0.29) is 11.7 Å². The Bertz CT molecular complexity index is 1260. The number of nitrogens with one attached hydrogen (secondary N) is 1. The third-order valence-electron chi connectivity index (χ3n) is 6.12. The number of rotatable bonds is 10. The summed E-state index contributed by atoms with van der Waals surface area (Å²) in [6.07, 6.45) is 3.99. The first-order chi connectivity index (χ1) is 16.5. The Balaban J connectivity index is 1.32. The molecule has 0 aliphatic heterocycles. The van der Waals surface area contributed by atoms with Crippen molar-refractivity contribution < 1.29 is 9.18 Å². The van der Waals surface area contributed by atoms with E-state index in [0.29, 0.717) is 30.1 Å². The van der Waals surface area contributed by atoms with Crippen LogP contribution in [0.4, 0.5) is 4.39 Å². The van der Waals surface area contributed by atoms with Gasteiger partial charge >= 0.3 is 0 Å². The van der Waals surface area contributed by atoms with Crippen molar-refractivity contribution in [2.45, 2.75) is 45.6 Å². The van der Waals surface area contributed by atoms with E-state index in [1.165, 1.54) is 6.07 Å². The fraction of sp³-hybridized carbons (Fsp3) is 0.286. The Hall–Kier alpha value is -3.18. The number of halogens is 2. The molecule has 3 aromatic carbocycles. The Kier molecular flexibility index (Phi) is 7.96. The molecule has 176 valence electrons. The molecule has 1 amide bonds. The van der Waals surface area contributed by atoms with Gasteiger partial charge in [-0.25, -0.2) is 9.37 Å². The largest absolute Gasteiger partial charge is 0.356 e. The number of aromatic nitrogens is 2. The predicted octanol–water partition coefficient (Wildman–Crippen LogP) is 6.26. The second-order valence-corrected chi connectivity index (χ2v) is 8.97. The van der Waals surface area contributed by atoms with E-state index in [2.05, 4.69) is 9.88 Å². The number of fused-ring (bicyclic) bond motifs is 1. The summed E-state index contributed by atoms with van der Waals surface area (Å²) in [5.41, 5.74) is 4.55. The smallest absolute Gasteiger partial charge is 0.224 e. The van der Waals surface area contributed by atoms with Gasteiger partial charge in [-0.05, 0) is 55.2 Å². The van der Waals surface area contributed by atoms with Crippen molar-refractivity contribution in [3.05, 3.63) is 100 Å². The zero-order chi connectivity index (χ0) is 23.9. The highest BCUT2D eigenvalue weighted by atomic mass is 35.5. The second kappa shape index (κ2) is 11.3. The average molecular weight is 478 g/mol. The van der Waals surface area contributed by atoms with Crippen LogP contribution in [-0.4, -0.2) is 22.0 Å². The van der Waals surface area contributed by atoms with Gasteiger partial charge in [0.1, 0.15) is 11.6 Å². The molecule has 0 atom stereocenters. The van der Waals surface area contributed by atoms with Gasteiger partial charge in [0.05, 0.1) is 24.0 Å². The molecule has 4 nitrogen and oxygen atoms in total. The molecule has 1 aromatic heterocycles. The molecule has 0 bridgehead atoms. The molecule has 0 spiro atoms. The third-order valence-corrected chi connectivity index (χ3v) is 6.48. The second-order valence-electron chi connectivity index (χ2n) is 8.57. The molecule has 0 saturated heterocycles. The fourth-order valence-electron chi connectivity index (χ4n) is 4.19. The van der Waals surface area contributed by atoms with Crippen LogP contribution in [0.3, 0.4) is 0 Å². The van der Waals surface area contributed by atoms with Crippen molar-refractivity contribution in [1.82, 2.24) is 14.9 Å². The van der Waals surface area contributed by atoms with Gasteiger partial charge in [-0.2, -0.15) is 0 Å².